The van der Waals surface area contributed by atoms with Gasteiger partial charge in [0, 0.05) is 25.6 Å². The van der Waals surface area contributed by atoms with E-state index in [4.69, 9.17) is 10.5 Å². The lowest BCUT2D eigenvalue weighted by atomic mass is 10.1. The summed E-state index contributed by atoms with van der Waals surface area (Å²) in [5, 5.41) is 2.92. The summed E-state index contributed by atoms with van der Waals surface area (Å²) in [7, 11) is 1.54. The zero-order valence-corrected chi connectivity index (χ0v) is 10.9. The number of benzene rings is 1. The summed E-state index contributed by atoms with van der Waals surface area (Å²) < 4.78 is 18.2. The molecule has 1 aromatic carbocycles. The molecule has 19 heavy (non-hydrogen) atoms. The van der Waals surface area contributed by atoms with Gasteiger partial charge < -0.3 is 15.8 Å². The van der Waals surface area contributed by atoms with Crippen molar-refractivity contribution in [2.24, 2.45) is 5.73 Å². The highest BCUT2D eigenvalue weighted by Gasteiger charge is 2.39. The van der Waals surface area contributed by atoms with E-state index in [9.17, 15) is 9.18 Å². The van der Waals surface area contributed by atoms with E-state index in [0.717, 1.165) is 12.0 Å². The number of carbonyl (C=O) groups is 1. The van der Waals surface area contributed by atoms with Crippen LogP contribution in [0.5, 0.6) is 0 Å². The normalized spacial score (nSPS) is 22.9. The van der Waals surface area contributed by atoms with E-state index in [-0.39, 0.29) is 36.2 Å². The number of amides is 1. The summed E-state index contributed by atoms with van der Waals surface area (Å²) in [6.45, 7) is 0.321. The quantitative estimate of drug-likeness (QED) is 0.812. The maximum absolute atomic E-state index is 13.1. The van der Waals surface area contributed by atoms with Gasteiger partial charge in [-0.2, -0.15) is 0 Å². The fourth-order valence-corrected chi connectivity index (χ4v) is 2.20. The summed E-state index contributed by atoms with van der Waals surface area (Å²) in [5.41, 5.74) is 6.40. The maximum atomic E-state index is 13.1. The first kappa shape index (κ1) is 14.0. The van der Waals surface area contributed by atoms with Crippen LogP contribution in [0.1, 0.15) is 24.3 Å². The van der Waals surface area contributed by atoms with Gasteiger partial charge in [0.1, 0.15) is 5.82 Å². The van der Waals surface area contributed by atoms with Gasteiger partial charge in [0.2, 0.25) is 5.91 Å². The molecule has 3 unspecified atom stereocenters. The van der Waals surface area contributed by atoms with Crippen LogP contribution in [0.25, 0.3) is 0 Å². The van der Waals surface area contributed by atoms with Crippen molar-refractivity contribution < 1.29 is 13.9 Å². The first-order chi connectivity index (χ1) is 9.13. The molecular weight excluding hydrogens is 247 g/mol. The molecule has 1 saturated carbocycles. The molecule has 0 heterocycles. The van der Waals surface area contributed by atoms with Crippen LogP contribution < -0.4 is 11.1 Å². The number of halogens is 1. The third kappa shape index (κ3) is 3.75. The van der Waals surface area contributed by atoms with E-state index in [1.54, 1.807) is 6.07 Å². The molecule has 1 fully saturated rings. The Kier molecular flexibility index (Phi) is 4.50. The lowest BCUT2D eigenvalue weighted by Gasteiger charge is -2.12. The topological polar surface area (TPSA) is 64.3 Å². The first-order valence-corrected chi connectivity index (χ1v) is 6.41. The van der Waals surface area contributed by atoms with Gasteiger partial charge in [0.25, 0.3) is 0 Å². The minimum atomic E-state index is -0.244. The number of hydrogen-bond donors (Lipinski definition) is 2. The van der Waals surface area contributed by atoms with Crippen molar-refractivity contribution in [2.45, 2.75) is 30.9 Å². The van der Waals surface area contributed by atoms with E-state index < -0.39 is 0 Å². The fraction of sp³-hybridized carbons (Fsp3) is 0.500. The van der Waals surface area contributed by atoms with Crippen molar-refractivity contribution in [3.63, 3.8) is 0 Å². The van der Waals surface area contributed by atoms with Crippen LogP contribution in [0.15, 0.2) is 24.3 Å². The average Bonchev–Trinajstić information content (AvgIpc) is 3.15. The minimum absolute atomic E-state index is 0.0683. The van der Waals surface area contributed by atoms with Crippen molar-refractivity contribution >= 4 is 5.91 Å². The maximum Gasteiger partial charge on any atom is 0.222 e. The highest BCUT2D eigenvalue weighted by Crippen LogP contribution is 2.40. The number of rotatable bonds is 6. The fourth-order valence-electron chi connectivity index (χ4n) is 2.20. The molecule has 1 aromatic rings. The van der Waals surface area contributed by atoms with Gasteiger partial charge in [-0.25, -0.2) is 4.39 Å². The van der Waals surface area contributed by atoms with Crippen LogP contribution in [0.2, 0.25) is 0 Å². The van der Waals surface area contributed by atoms with Crippen molar-refractivity contribution in [3.05, 3.63) is 35.6 Å². The largest absolute Gasteiger partial charge is 0.380 e. The van der Waals surface area contributed by atoms with Crippen LogP contribution in [-0.4, -0.2) is 31.7 Å². The van der Waals surface area contributed by atoms with Gasteiger partial charge in [-0.3, -0.25) is 4.79 Å². The third-order valence-electron chi connectivity index (χ3n) is 3.42. The van der Waals surface area contributed by atoms with Gasteiger partial charge in [-0.15, -0.1) is 0 Å². The molecule has 3 atom stereocenters. The zero-order chi connectivity index (χ0) is 13.8. The molecule has 1 aliphatic rings. The summed E-state index contributed by atoms with van der Waals surface area (Å²) in [5.74, 6) is -0.0863. The molecule has 104 valence electrons. The number of methoxy groups -OCH3 is 1. The van der Waals surface area contributed by atoms with Crippen molar-refractivity contribution in [2.75, 3.05) is 13.7 Å². The molecule has 0 saturated heterocycles. The lowest BCUT2D eigenvalue weighted by Crippen LogP contribution is -2.33. The molecule has 0 aliphatic heterocycles. The Hall–Kier alpha value is -1.46. The molecule has 1 aliphatic carbocycles. The van der Waals surface area contributed by atoms with Crippen LogP contribution >= 0.6 is 0 Å². The number of nitrogens with one attached hydrogen (secondary N) is 1. The van der Waals surface area contributed by atoms with E-state index in [2.05, 4.69) is 5.32 Å². The monoisotopic (exact) mass is 266 g/mol. The number of ether oxygens (including phenoxy) is 1. The third-order valence-corrected chi connectivity index (χ3v) is 3.42. The SMILES string of the molecule is COC(CN)CC(=O)NC1CC1c1cccc(F)c1. The molecule has 0 aromatic heterocycles. The molecule has 1 amide bonds. The van der Waals surface area contributed by atoms with E-state index in [1.165, 1.54) is 19.2 Å². The Morgan fingerprint density at radius 2 is 2.42 bits per heavy atom. The van der Waals surface area contributed by atoms with Crippen LogP contribution in [0, 0.1) is 5.82 Å². The van der Waals surface area contributed by atoms with E-state index >= 15 is 0 Å². The minimum Gasteiger partial charge on any atom is -0.380 e. The van der Waals surface area contributed by atoms with Crippen molar-refractivity contribution in [1.29, 1.82) is 0 Å². The van der Waals surface area contributed by atoms with Crippen LogP contribution in [0.4, 0.5) is 4.39 Å². The second-order valence-electron chi connectivity index (χ2n) is 4.87. The second-order valence-corrected chi connectivity index (χ2v) is 4.87. The zero-order valence-electron chi connectivity index (χ0n) is 10.9. The lowest BCUT2D eigenvalue weighted by molar-refractivity contribution is -0.123. The molecule has 0 bridgehead atoms. The molecular formula is C14H19FN2O2. The Labute approximate surface area is 112 Å². The van der Waals surface area contributed by atoms with Gasteiger partial charge in [-0.1, -0.05) is 12.1 Å². The molecule has 2 rings (SSSR count). The predicted molar refractivity (Wildman–Crippen MR) is 70.2 cm³/mol. The molecule has 0 radical (unpaired) electrons. The summed E-state index contributed by atoms with van der Waals surface area (Å²) >= 11 is 0. The Morgan fingerprint density at radius 3 is 3.05 bits per heavy atom. The molecule has 5 heteroatoms. The summed E-state index contributed by atoms with van der Waals surface area (Å²) in [6, 6.07) is 6.62. The standard InChI is InChI=1S/C14H19FN2O2/c1-19-11(8-16)6-14(18)17-13-7-12(13)9-3-2-4-10(15)5-9/h2-5,11-13H,6-8,16H2,1H3,(H,17,18). The highest BCUT2D eigenvalue weighted by atomic mass is 19.1. The molecule has 3 N–H and O–H groups in total. The summed E-state index contributed by atoms with van der Waals surface area (Å²) in [4.78, 5) is 11.7. The van der Waals surface area contributed by atoms with Crippen molar-refractivity contribution in [1.82, 2.24) is 5.32 Å². The smallest absolute Gasteiger partial charge is 0.222 e. The van der Waals surface area contributed by atoms with Crippen molar-refractivity contribution in [3.8, 4) is 0 Å². The van der Waals surface area contributed by atoms with Crippen LogP contribution in [0.3, 0.4) is 0 Å². The van der Waals surface area contributed by atoms with Gasteiger partial charge in [0.05, 0.1) is 12.5 Å². The molecule has 0 spiro atoms. The van der Waals surface area contributed by atoms with Gasteiger partial charge in [-0.05, 0) is 24.1 Å². The Balaban J connectivity index is 1.82. The predicted octanol–water partition coefficient (Wildman–Crippen LogP) is 1.16. The van der Waals surface area contributed by atoms with E-state index in [0.29, 0.717) is 6.54 Å². The van der Waals surface area contributed by atoms with Gasteiger partial charge in [0.15, 0.2) is 0 Å². The van der Waals surface area contributed by atoms with Crippen LogP contribution in [-0.2, 0) is 9.53 Å². The number of hydrogen-bond acceptors (Lipinski definition) is 3. The molecule has 4 nitrogen and oxygen atoms in total. The first-order valence-electron chi connectivity index (χ1n) is 6.41. The van der Waals surface area contributed by atoms with Gasteiger partial charge >= 0.3 is 0 Å². The second kappa shape index (κ2) is 6.12. The van der Waals surface area contributed by atoms with E-state index in [1.807, 2.05) is 6.07 Å². The number of carbonyl (C=O) groups excluding carboxylic acids is 1. The average molecular weight is 266 g/mol. The highest BCUT2D eigenvalue weighted by molar-refractivity contribution is 5.77. The number of nitrogens with two attached hydrogens (primary N) is 1. The Morgan fingerprint density at radius 1 is 1.63 bits per heavy atom. The summed E-state index contributed by atoms with van der Waals surface area (Å²) in [6.07, 6.45) is 0.876. The Bertz CT molecular complexity index is 449.